The zero-order valence-corrected chi connectivity index (χ0v) is 17.7. The van der Waals surface area contributed by atoms with Crippen LogP contribution in [0.3, 0.4) is 0 Å². The van der Waals surface area contributed by atoms with Gasteiger partial charge in [0.05, 0.1) is 38.8 Å². The average molecular weight is 420 g/mol. The second kappa shape index (κ2) is 8.61. The van der Waals surface area contributed by atoms with Crippen LogP contribution in [0.2, 0.25) is 0 Å². The molecule has 160 valence electrons. The Labute approximate surface area is 178 Å². The Bertz CT molecular complexity index is 1350. The van der Waals surface area contributed by atoms with Gasteiger partial charge in [-0.05, 0) is 24.6 Å². The van der Waals surface area contributed by atoms with Gasteiger partial charge in [0.15, 0.2) is 11.2 Å². The molecule has 4 rings (SSSR count). The van der Waals surface area contributed by atoms with Crippen LogP contribution in [0.15, 0.2) is 64.4 Å². The molecule has 0 aliphatic carbocycles. The first-order chi connectivity index (χ1) is 15.1. The summed E-state index contributed by atoms with van der Waals surface area (Å²) in [6.07, 6.45) is 1.59. The van der Waals surface area contributed by atoms with E-state index in [0.717, 1.165) is 16.9 Å². The highest BCUT2D eigenvalue weighted by atomic mass is 16.5. The van der Waals surface area contributed by atoms with Crippen LogP contribution in [0.5, 0.6) is 5.75 Å². The molecule has 0 radical (unpaired) electrons. The van der Waals surface area contributed by atoms with Crippen LogP contribution in [0.1, 0.15) is 11.1 Å². The molecular formula is C23H24N4O4. The first-order valence-electron chi connectivity index (χ1n) is 9.94. The summed E-state index contributed by atoms with van der Waals surface area (Å²) in [6, 6.07) is 15.1. The molecule has 0 spiro atoms. The normalized spacial score (nSPS) is 11.2. The van der Waals surface area contributed by atoms with Gasteiger partial charge in [0.1, 0.15) is 5.75 Å². The summed E-state index contributed by atoms with van der Waals surface area (Å²) in [6.45, 7) is 2.70. The number of methoxy groups -OCH3 is 2. The van der Waals surface area contributed by atoms with Crippen LogP contribution in [0, 0.1) is 6.92 Å². The van der Waals surface area contributed by atoms with Gasteiger partial charge in [0.2, 0.25) is 0 Å². The SMILES string of the molecule is COCCn1c(=O)c2c(ncn2Cc2ccccc2OC)n(-c2ccccc2C)c1=O. The van der Waals surface area contributed by atoms with Crippen molar-refractivity contribution < 1.29 is 9.47 Å². The van der Waals surface area contributed by atoms with E-state index in [0.29, 0.717) is 23.4 Å². The van der Waals surface area contributed by atoms with Gasteiger partial charge in [0.25, 0.3) is 5.56 Å². The molecule has 0 amide bonds. The number of aryl methyl sites for hydroxylation is 1. The summed E-state index contributed by atoms with van der Waals surface area (Å²) in [5.41, 5.74) is 2.34. The lowest BCUT2D eigenvalue weighted by molar-refractivity contribution is 0.184. The lowest BCUT2D eigenvalue weighted by Crippen LogP contribution is -2.41. The molecule has 0 aliphatic heterocycles. The molecule has 2 aromatic heterocycles. The molecule has 0 aliphatic rings. The molecule has 0 unspecified atom stereocenters. The molecule has 4 aromatic rings. The third-order valence-corrected chi connectivity index (χ3v) is 5.31. The number of hydrogen-bond donors (Lipinski definition) is 0. The summed E-state index contributed by atoms with van der Waals surface area (Å²) in [5, 5.41) is 0. The van der Waals surface area contributed by atoms with Gasteiger partial charge < -0.3 is 14.0 Å². The Balaban J connectivity index is 2.00. The number of nitrogens with zero attached hydrogens (tertiary/aromatic N) is 4. The zero-order valence-electron chi connectivity index (χ0n) is 17.7. The van der Waals surface area contributed by atoms with Crippen molar-refractivity contribution in [2.45, 2.75) is 20.0 Å². The minimum Gasteiger partial charge on any atom is -0.496 e. The largest absolute Gasteiger partial charge is 0.496 e. The van der Waals surface area contributed by atoms with E-state index in [2.05, 4.69) is 4.98 Å². The van der Waals surface area contributed by atoms with Crippen molar-refractivity contribution in [1.29, 1.82) is 0 Å². The van der Waals surface area contributed by atoms with Crippen molar-refractivity contribution in [3.05, 3.63) is 86.8 Å². The van der Waals surface area contributed by atoms with Crippen molar-refractivity contribution in [2.75, 3.05) is 20.8 Å². The topological polar surface area (TPSA) is 80.3 Å². The standard InChI is InChI=1S/C23H24N4O4/c1-16-8-4-6-10-18(16)27-21-20(22(28)26(23(27)29)12-13-30-2)25(15-24-21)14-17-9-5-7-11-19(17)31-3/h4-11,15H,12-14H2,1-3H3. The van der Waals surface area contributed by atoms with Gasteiger partial charge in [-0.3, -0.25) is 9.36 Å². The van der Waals surface area contributed by atoms with Crippen LogP contribution in [-0.4, -0.2) is 39.5 Å². The van der Waals surface area contributed by atoms with Crippen molar-refractivity contribution in [2.24, 2.45) is 0 Å². The van der Waals surface area contributed by atoms with E-state index in [9.17, 15) is 9.59 Å². The average Bonchev–Trinajstić information content (AvgIpc) is 3.19. The number of aromatic nitrogens is 4. The Morgan fingerprint density at radius 2 is 1.74 bits per heavy atom. The predicted molar refractivity (Wildman–Crippen MR) is 118 cm³/mol. The highest BCUT2D eigenvalue weighted by Gasteiger charge is 2.20. The molecule has 0 saturated heterocycles. The van der Waals surface area contributed by atoms with Gasteiger partial charge >= 0.3 is 5.69 Å². The zero-order chi connectivity index (χ0) is 22.0. The van der Waals surface area contributed by atoms with E-state index in [1.807, 2.05) is 55.5 Å². The molecule has 0 N–H and O–H groups in total. The number of ether oxygens (including phenoxy) is 2. The number of hydrogen-bond acceptors (Lipinski definition) is 5. The van der Waals surface area contributed by atoms with E-state index < -0.39 is 11.2 Å². The molecule has 0 fully saturated rings. The van der Waals surface area contributed by atoms with Crippen LogP contribution in [0.4, 0.5) is 0 Å². The van der Waals surface area contributed by atoms with Gasteiger partial charge in [0, 0.05) is 12.7 Å². The molecule has 0 saturated carbocycles. The molecule has 2 heterocycles. The fraction of sp³-hybridized carbons (Fsp3) is 0.261. The summed E-state index contributed by atoms with van der Waals surface area (Å²) >= 11 is 0. The Kier molecular flexibility index (Phi) is 5.73. The molecule has 0 atom stereocenters. The first-order valence-corrected chi connectivity index (χ1v) is 9.94. The van der Waals surface area contributed by atoms with Gasteiger partial charge in [-0.2, -0.15) is 0 Å². The Hall–Kier alpha value is -3.65. The second-order valence-corrected chi connectivity index (χ2v) is 7.21. The van der Waals surface area contributed by atoms with Crippen molar-refractivity contribution >= 4 is 11.2 Å². The number of fused-ring (bicyclic) bond motifs is 1. The van der Waals surface area contributed by atoms with Crippen LogP contribution >= 0.6 is 0 Å². The summed E-state index contributed by atoms with van der Waals surface area (Å²) in [7, 11) is 3.15. The maximum Gasteiger partial charge on any atom is 0.337 e. The van der Waals surface area contributed by atoms with E-state index in [1.165, 1.54) is 16.2 Å². The van der Waals surface area contributed by atoms with Crippen molar-refractivity contribution in [1.82, 2.24) is 18.7 Å². The fourth-order valence-corrected chi connectivity index (χ4v) is 3.73. The van der Waals surface area contributed by atoms with Gasteiger partial charge in [-0.1, -0.05) is 36.4 Å². The Morgan fingerprint density at radius 1 is 1.00 bits per heavy atom. The Morgan fingerprint density at radius 3 is 2.48 bits per heavy atom. The summed E-state index contributed by atoms with van der Waals surface area (Å²) in [5.74, 6) is 0.719. The van der Waals surface area contributed by atoms with Crippen molar-refractivity contribution in [3.63, 3.8) is 0 Å². The quantitative estimate of drug-likeness (QED) is 0.459. The van der Waals surface area contributed by atoms with Crippen LogP contribution in [0.25, 0.3) is 16.9 Å². The molecular weight excluding hydrogens is 396 g/mol. The third-order valence-electron chi connectivity index (χ3n) is 5.31. The maximum absolute atomic E-state index is 13.4. The number of rotatable bonds is 7. The molecule has 8 heteroatoms. The van der Waals surface area contributed by atoms with E-state index in [1.54, 1.807) is 18.0 Å². The lowest BCUT2D eigenvalue weighted by atomic mass is 10.2. The van der Waals surface area contributed by atoms with E-state index >= 15 is 0 Å². The molecule has 31 heavy (non-hydrogen) atoms. The highest BCUT2D eigenvalue weighted by Crippen LogP contribution is 2.21. The molecule has 0 bridgehead atoms. The minimum absolute atomic E-state index is 0.149. The number of para-hydroxylation sites is 2. The second-order valence-electron chi connectivity index (χ2n) is 7.21. The van der Waals surface area contributed by atoms with E-state index in [-0.39, 0.29) is 13.2 Å². The predicted octanol–water partition coefficient (Wildman–Crippen LogP) is 2.36. The fourth-order valence-electron chi connectivity index (χ4n) is 3.73. The van der Waals surface area contributed by atoms with Crippen LogP contribution in [-0.2, 0) is 17.8 Å². The monoisotopic (exact) mass is 420 g/mol. The smallest absolute Gasteiger partial charge is 0.337 e. The lowest BCUT2D eigenvalue weighted by Gasteiger charge is -2.14. The number of imidazole rings is 1. The van der Waals surface area contributed by atoms with Crippen molar-refractivity contribution in [3.8, 4) is 11.4 Å². The minimum atomic E-state index is -0.439. The summed E-state index contributed by atoms with van der Waals surface area (Å²) in [4.78, 5) is 31.2. The van der Waals surface area contributed by atoms with Crippen LogP contribution < -0.4 is 16.0 Å². The third kappa shape index (κ3) is 3.66. The van der Waals surface area contributed by atoms with E-state index in [4.69, 9.17) is 9.47 Å². The highest BCUT2D eigenvalue weighted by molar-refractivity contribution is 5.73. The first kappa shape index (κ1) is 20.6. The van der Waals surface area contributed by atoms with Gasteiger partial charge in [-0.25, -0.2) is 14.3 Å². The summed E-state index contributed by atoms with van der Waals surface area (Å²) < 4.78 is 15.0. The maximum atomic E-state index is 13.4. The molecule has 8 nitrogen and oxygen atoms in total. The molecule has 2 aromatic carbocycles. The number of benzene rings is 2. The van der Waals surface area contributed by atoms with Gasteiger partial charge in [-0.15, -0.1) is 0 Å².